The minimum Gasteiger partial charge on any atom is -0.481 e. The number of Topliss-reactive ketones (excluding diaryl/α,β-unsaturated/α-hetero) is 1. The van der Waals surface area contributed by atoms with Gasteiger partial charge in [-0.05, 0) is 19.1 Å². The van der Waals surface area contributed by atoms with Crippen LogP contribution in [0.1, 0.15) is 13.3 Å². The van der Waals surface area contributed by atoms with Crippen LogP contribution in [0.5, 0.6) is 0 Å². The van der Waals surface area contributed by atoms with Crippen LogP contribution in [0.2, 0.25) is 0 Å². The molecule has 0 saturated heterocycles. The highest BCUT2D eigenvalue weighted by Crippen LogP contribution is 2.05. The van der Waals surface area contributed by atoms with Crippen molar-refractivity contribution in [3.05, 3.63) is 30.3 Å². The predicted molar refractivity (Wildman–Crippen MR) is 71.4 cm³/mol. The molecule has 0 aromatic heterocycles. The monoisotopic (exact) mass is 278 g/mol. The molecule has 1 aromatic rings. The fourth-order valence-corrected chi connectivity index (χ4v) is 1.28. The molecule has 0 amide bonds. The number of aliphatic carboxylic acids is 1. The van der Waals surface area contributed by atoms with Gasteiger partial charge in [-0.15, -0.1) is 0 Å². The number of hydrazone groups is 1. The maximum Gasteiger partial charge on any atom is 0.362 e. The number of hydrogen-bond acceptors (Lipinski definition) is 6. The van der Waals surface area contributed by atoms with Gasteiger partial charge in [0.25, 0.3) is 0 Å². The van der Waals surface area contributed by atoms with E-state index >= 15 is 0 Å². The van der Waals surface area contributed by atoms with E-state index in [0.717, 1.165) is 0 Å². The summed E-state index contributed by atoms with van der Waals surface area (Å²) in [6.07, 6.45) is -0.825. The first-order chi connectivity index (χ1) is 9.54. The molecule has 0 saturated carbocycles. The van der Waals surface area contributed by atoms with Crippen LogP contribution in [0.15, 0.2) is 35.4 Å². The smallest absolute Gasteiger partial charge is 0.362 e. The van der Waals surface area contributed by atoms with Crippen molar-refractivity contribution in [2.45, 2.75) is 13.3 Å². The lowest BCUT2D eigenvalue weighted by Gasteiger charge is -2.05. The van der Waals surface area contributed by atoms with Gasteiger partial charge in [0, 0.05) is 0 Å². The van der Waals surface area contributed by atoms with E-state index in [4.69, 9.17) is 5.11 Å². The van der Waals surface area contributed by atoms with E-state index < -0.39 is 29.9 Å². The van der Waals surface area contributed by atoms with Crippen LogP contribution in [0.4, 0.5) is 5.69 Å². The number of nitrogens with one attached hydrogen (secondary N) is 1. The van der Waals surface area contributed by atoms with Crippen molar-refractivity contribution in [2.24, 2.45) is 5.10 Å². The Balaban J connectivity index is 2.89. The average Bonchev–Trinajstić information content (AvgIpc) is 2.39. The number of carboxylic acid groups (broad SMARTS) is 1. The number of ketones is 1. The Morgan fingerprint density at radius 2 is 1.90 bits per heavy atom. The number of carbonyl (C=O) groups excluding carboxylic acids is 2. The van der Waals surface area contributed by atoms with Crippen LogP contribution in [-0.2, 0) is 19.1 Å². The number of ether oxygens (including phenoxy) is 1. The molecule has 106 valence electrons. The SMILES string of the molecule is CCOC(=O)C(=NNc1ccccc1)C(=O)CC(=O)O. The maximum absolute atomic E-state index is 11.6. The lowest BCUT2D eigenvalue weighted by molar-refractivity contribution is -0.139. The minimum atomic E-state index is -1.34. The topological polar surface area (TPSA) is 105 Å². The molecule has 0 aliphatic carbocycles. The molecule has 0 atom stereocenters. The van der Waals surface area contributed by atoms with Gasteiger partial charge in [0.2, 0.25) is 11.5 Å². The van der Waals surface area contributed by atoms with Crippen LogP contribution < -0.4 is 5.43 Å². The number of hydrogen-bond donors (Lipinski definition) is 2. The third kappa shape index (κ3) is 4.89. The molecule has 20 heavy (non-hydrogen) atoms. The highest BCUT2D eigenvalue weighted by molar-refractivity contribution is 6.65. The molecule has 0 aliphatic heterocycles. The lowest BCUT2D eigenvalue weighted by Crippen LogP contribution is -2.29. The number of benzene rings is 1. The van der Waals surface area contributed by atoms with E-state index in [9.17, 15) is 14.4 Å². The molecule has 2 N–H and O–H groups in total. The van der Waals surface area contributed by atoms with Crippen molar-refractivity contribution in [2.75, 3.05) is 12.0 Å². The van der Waals surface area contributed by atoms with Crippen molar-refractivity contribution in [1.82, 2.24) is 0 Å². The van der Waals surface area contributed by atoms with Gasteiger partial charge in [-0.25, -0.2) is 4.79 Å². The van der Waals surface area contributed by atoms with Crippen LogP contribution in [0.3, 0.4) is 0 Å². The Labute approximate surface area is 115 Å². The summed E-state index contributed by atoms with van der Waals surface area (Å²) in [5, 5.41) is 12.2. The van der Waals surface area contributed by atoms with Crippen LogP contribution >= 0.6 is 0 Å². The Kier molecular flexibility index (Phi) is 5.89. The van der Waals surface area contributed by atoms with Crippen LogP contribution in [0, 0.1) is 0 Å². The van der Waals surface area contributed by atoms with Gasteiger partial charge in [0.1, 0.15) is 6.42 Å². The van der Waals surface area contributed by atoms with Gasteiger partial charge in [-0.2, -0.15) is 5.10 Å². The first kappa shape index (κ1) is 15.4. The largest absolute Gasteiger partial charge is 0.481 e. The number of para-hydroxylation sites is 1. The van der Waals surface area contributed by atoms with Crippen molar-refractivity contribution >= 4 is 29.1 Å². The Morgan fingerprint density at radius 3 is 2.45 bits per heavy atom. The number of nitrogens with zero attached hydrogens (tertiary/aromatic N) is 1. The molecule has 0 spiro atoms. The van der Waals surface area contributed by atoms with E-state index in [1.807, 2.05) is 0 Å². The molecule has 1 rings (SSSR count). The fraction of sp³-hybridized carbons (Fsp3) is 0.231. The van der Waals surface area contributed by atoms with Crippen molar-refractivity contribution < 1.29 is 24.2 Å². The van der Waals surface area contributed by atoms with E-state index in [1.165, 1.54) is 0 Å². The summed E-state index contributed by atoms with van der Waals surface area (Å²) in [6, 6.07) is 8.61. The van der Waals surface area contributed by atoms with E-state index in [2.05, 4.69) is 15.3 Å². The van der Waals surface area contributed by atoms with E-state index in [-0.39, 0.29) is 6.61 Å². The predicted octanol–water partition coefficient (Wildman–Crippen LogP) is 1.06. The number of rotatable bonds is 7. The summed E-state index contributed by atoms with van der Waals surface area (Å²) in [5.41, 5.74) is 2.49. The molecule has 0 unspecified atom stereocenters. The van der Waals surface area contributed by atoms with Gasteiger partial charge >= 0.3 is 11.9 Å². The van der Waals surface area contributed by atoms with Gasteiger partial charge in [0.05, 0.1) is 12.3 Å². The van der Waals surface area contributed by atoms with Crippen LogP contribution in [-0.4, -0.2) is 35.1 Å². The Bertz CT molecular complexity index is 525. The quantitative estimate of drug-likeness (QED) is 0.334. The van der Waals surface area contributed by atoms with Gasteiger partial charge < -0.3 is 9.84 Å². The molecule has 7 nitrogen and oxygen atoms in total. The first-order valence-electron chi connectivity index (χ1n) is 5.85. The molecule has 0 radical (unpaired) electrons. The molecule has 0 aliphatic rings. The highest BCUT2D eigenvalue weighted by Gasteiger charge is 2.24. The molecule has 0 heterocycles. The number of carbonyl (C=O) groups is 3. The normalized spacial score (nSPS) is 10.8. The Hall–Kier alpha value is -2.70. The summed E-state index contributed by atoms with van der Waals surface area (Å²) < 4.78 is 4.67. The van der Waals surface area contributed by atoms with E-state index in [0.29, 0.717) is 5.69 Å². The fourth-order valence-electron chi connectivity index (χ4n) is 1.28. The second kappa shape index (κ2) is 7.67. The van der Waals surface area contributed by atoms with Crippen molar-refractivity contribution in [3.63, 3.8) is 0 Å². The summed E-state index contributed by atoms with van der Waals surface area (Å²) in [4.78, 5) is 33.7. The minimum absolute atomic E-state index is 0.0591. The zero-order valence-electron chi connectivity index (χ0n) is 10.8. The van der Waals surface area contributed by atoms with Crippen LogP contribution in [0.25, 0.3) is 0 Å². The molecule has 7 heteroatoms. The second-order valence-corrected chi connectivity index (χ2v) is 3.65. The third-order valence-corrected chi connectivity index (χ3v) is 2.12. The van der Waals surface area contributed by atoms with Gasteiger partial charge in [-0.3, -0.25) is 15.0 Å². The van der Waals surface area contributed by atoms with Crippen molar-refractivity contribution in [1.29, 1.82) is 0 Å². The van der Waals surface area contributed by atoms with E-state index in [1.54, 1.807) is 37.3 Å². The molecule has 1 aromatic carbocycles. The van der Waals surface area contributed by atoms with Gasteiger partial charge in [-0.1, -0.05) is 18.2 Å². The zero-order valence-corrected chi connectivity index (χ0v) is 10.8. The lowest BCUT2D eigenvalue weighted by atomic mass is 10.2. The highest BCUT2D eigenvalue weighted by atomic mass is 16.5. The maximum atomic E-state index is 11.6. The number of anilines is 1. The summed E-state index contributed by atoms with van der Waals surface area (Å²) in [6.45, 7) is 1.63. The summed E-state index contributed by atoms with van der Waals surface area (Å²) in [5.74, 6) is -3.21. The summed E-state index contributed by atoms with van der Waals surface area (Å²) >= 11 is 0. The standard InChI is InChI=1S/C13H14N2O5/c1-2-20-13(19)12(10(16)8-11(17)18)15-14-9-6-4-3-5-7-9/h3-7,14H,2,8H2,1H3,(H,17,18). The summed E-state index contributed by atoms with van der Waals surface area (Å²) in [7, 11) is 0. The number of esters is 1. The Morgan fingerprint density at radius 1 is 1.25 bits per heavy atom. The molecule has 0 bridgehead atoms. The van der Waals surface area contributed by atoms with Crippen molar-refractivity contribution in [3.8, 4) is 0 Å². The zero-order chi connectivity index (χ0) is 15.0. The first-order valence-corrected chi connectivity index (χ1v) is 5.85. The molecular formula is C13H14N2O5. The second-order valence-electron chi connectivity index (χ2n) is 3.65. The molecular weight excluding hydrogens is 264 g/mol. The molecule has 0 fully saturated rings. The average molecular weight is 278 g/mol. The number of carboxylic acids is 1. The third-order valence-electron chi connectivity index (χ3n) is 2.12. The van der Waals surface area contributed by atoms with Gasteiger partial charge in [0.15, 0.2) is 0 Å².